The van der Waals surface area contributed by atoms with Crippen molar-refractivity contribution in [1.29, 1.82) is 0 Å². The smallest absolute Gasteiger partial charge is 0.383 e. The number of nitrogen functional groups attached to an aromatic ring is 1. The van der Waals surface area contributed by atoms with Crippen LogP contribution in [0, 0.1) is 0 Å². The van der Waals surface area contributed by atoms with Crippen molar-refractivity contribution in [1.82, 2.24) is 9.97 Å². The normalized spacial score (nSPS) is 12.0. The average molecular weight is 262 g/mol. The molecule has 3 nitrogen and oxygen atoms in total. The summed E-state index contributed by atoms with van der Waals surface area (Å²) in [6.07, 6.45) is -5.38. The molecule has 0 radical (unpaired) electrons. The van der Waals surface area contributed by atoms with Crippen LogP contribution < -0.4 is 5.73 Å². The van der Waals surface area contributed by atoms with Crippen molar-refractivity contribution < 1.29 is 13.2 Å². The second-order valence-corrected chi connectivity index (χ2v) is 3.82. The molecule has 0 fully saturated rings. The first-order chi connectivity index (χ1) is 7.87. The van der Waals surface area contributed by atoms with Gasteiger partial charge in [-0.05, 0) is 23.2 Å². The molecule has 0 aliphatic carbocycles. The number of nitrogens with two attached hydrogens (primary N) is 1. The van der Waals surface area contributed by atoms with Crippen molar-refractivity contribution in [3.8, 4) is 0 Å². The van der Waals surface area contributed by atoms with E-state index >= 15 is 0 Å². The highest BCUT2D eigenvalue weighted by Crippen LogP contribution is 2.29. The molecule has 0 unspecified atom stereocenters. The molecule has 7 heteroatoms. The van der Waals surface area contributed by atoms with Crippen molar-refractivity contribution >= 4 is 28.3 Å². The van der Waals surface area contributed by atoms with Gasteiger partial charge in [0.05, 0.1) is 11.9 Å². The first kappa shape index (κ1) is 11.9. The van der Waals surface area contributed by atoms with Crippen LogP contribution >= 0.6 is 11.6 Å². The minimum absolute atomic E-state index is 0.0418. The van der Waals surface area contributed by atoms with Crippen LogP contribution in [0.2, 0.25) is 5.28 Å². The predicted molar refractivity (Wildman–Crippen MR) is 58.7 cm³/mol. The zero-order valence-electron chi connectivity index (χ0n) is 8.42. The summed E-state index contributed by atoms with van der Waals surface area (Å²) in [5.74, 6) is -0.0418. The van der Waals surface area contributed by atoms with Gasteiger partial charge in [0.1, 0.15) is 5.82 Å². The Bertz CT molecular complexity index is 568. The van der Waals surface area contributed by atoms with Crippen molar-refractivity contribution in [2.24, 2.45) is 0 Å². The van der Waals surface area contributed by atoms with Gasteiger partial charge in [-0.1, -0.05) is 12.1 Å². The second kappa shape index (κ2) is 4.03. The molecule has 0 saturated heterocycles. The van der Waals surface area contributed by atoms with Crippen molar-refractivity contribution in [3.63, 3.8) is 0 Å². The van der Waals surface area contributed by atoms with E-state index < -0.39 is 12.6 Å². The van der Waals surface area contributed by atoms with Crippen LogP contribution in [-0.2, 0) is 6.42 Å². The van der Waals surface area contributed by atoms with E-state index in [4.69, 9.17) is 17.3 Å². The molecule has 0 spiro atoms. The Labute approximate surface area is 99.4 Å². The summed E-state index contributed by atoms with van der Waals surface area (Å²) in [4.78, 5) is 7.49. The fourth-order valence-electron chi connectivity index (χ4n) is 1.62. The second-order valence-electron chi connectivity index (χ2n) is 3.48. The Morgan fingerprint density at radius 3 is 2.59 bits per heavy atom. The molecule has 0 bridgehead atoms. The average Bonchev–Trinajstić information content (AvgIpc) is 2.13. The molecule has 1 aromatic carbocycles. The Morgan fingerprint density at radius 2 is 1.94 bits per heavy atom. The molecule has 0 aliphatic heterocycles. The van der Waals surface area contributed by atoms with E-state index in [1.165, 1.54) is 12.1 Å². The molecule has 2 rings (SSSR count). The summed E-state index contributed by atoms with van der Waals surface area (Å²) in [6, 6.07) is 4.37. The highest BCUT2D eigenvalue weighted by molar-refractivity contribution is 6.28. The topological polar surface area (TPSA) is 51.8 Å². The number of alkyl halides is 3. The molecule has 0 saturated carbocycles. The zero-order chi connectivity index (χ0) is 12.6. The fourth-order valence-corrected chi connectivity index (χ4v) is 1.80. The third kappa shape index (κ3) is 2.58. The Kier molecular flexibility index (Phi) is 2.82. The van der Waals surface area contributed by atoms with Gasteiger partial charge in [-0.3, -0.25) is 0 Å². The fraction of sp³-hybridized carbons (Fsp3) is 0.200. The summed E-state index contributed by atoms with van der Waals surface area (Å²) < 4.78 is 37.1. The number of fused-ring (bicyclic) bond motifs is 1. The van der Waals surface area contributed by atoms with E-state index in [1.54, 1.807) is 6.07 Å². The molecule has 0 atom stereocenters. The van der Waals surface area contributed by atoms with Crippen LogP contribution in [-0.4, -0.2) is 16.1 Å². The lowest BCUT2D eigenvalue weighted by atomic mass is 10.1. The monoisotopic (exact) mass is 261 g/mol. The van der Waals surface area contributed by atoms with Crippen LogP contribution in [0.1, 0.15) is 5.56 Å². The van der Waals surface area contributed by atoms with Gasteiger partial charge >= 0.3 is 6.18 Å². The van der Waals surface area contributed by atoms with Gasteiger partial charge in [0.15, 0.2) is 0 Å². The molecule has 0 aliphatic rings. The van der Waals surface area contributed by atoms with Gasteiger partial charge < -0.3 is 5.73 Å². The first-order valence-electron chi connectivity index (χ1n) is 4.64. The minimum atomic E-state index is -4.31. The number of aromatic nitrogens is 2. The Morgan fingerprint density at radius 1 is 1.24 bits per heavy atom. The van der Waals surface area contributed by atoms with E-state index in [0.29, 0.717) is 5.52 Å². The quantitative estimate of drug-likeness (QED) is 0.803. The summed E-state index contributed by atoms with van der Waals surface area (Å²) in [7, 11) is 0. The van der Waals surface area contributed by atoms with Crippen LogP contribution in [0.15, 0.2) is 18.2 Å². The van der Waals surface area contributed by atoms with Crippen LogP contribution in [0.4, 0.5) is 19.0 Å². The molecule has 17 heavy (non-hydrogen) atoms. The highest BCUT2D eigenvalue weighted by Gasteiger charge is 2.29. The number of anilines is 1. The van der Waals surface area contributed by atoms with E-state index in [0.717, 1.165) is 0 Å². The van der Waals surface area contributed by atoms with Gasteiger partial charge in [-0.2, -0.15) is 13.2 Å². The van der Waals surface area contributed by atoms with Crippen molar-refractivity contribution in [2.45, 2.75) is 12.6 Å². The lowest BCUT2D eigenvalue weighted by molar-refractivity contribution is -0.126. The van der Waals surface area contributed by atoms with Gasteiger partial charge in [0, 0.05) is 5.39 Å². The maximum absolute atomic E-state index is 12.4. The molecule has 0 amide bonds. The Balaban J connectivity index is 2.65. The number of rotatable bonds is 1. The van der Waals surface area contributed by atoms with E-state index in [-0.39, 0.29) is 22.1 Å². The number of hydrogen-bond donors (Lipinski definition) is 1. The number of halogens is 4. The molecule has 2 aromatic rings. The predicted octanol–water partition coefficient (Wildman–Crippen LogP) is 2.97. The lowest BCUT2D eigenvalue weighted by Crippen LogP contribution is -2.12. The van der Waals surface area contributed by atoms with Crippen LogP contribution in [0.3, 0.4) is 0 Å². The SMILES string of the molecule is Nc1nc(Cl)nc2cccc(CC(F)(F)F)c12. The van der Waals surface area contributed by atoms with Gasteiger partial charge in [-0.25, -0.2) is 9.97 Å². The standard InChI is InChI=1S/C10H7ClF3N3/c11-9-16-6-3-1-2-5(4-10(12,13)14)7(6)8(15)17-9/h1-3H,4H2,(H2,15,16,17). The molecule has 2 N–H and O–H groups in total. The maximum Gasteiger partial charge on any atom is 0.393 e. The Hall–Kier alpha value is -1.56. The molecule has 1 aromatic heterocycles. The number of nitrogens with zero attached hydrogens (tertiary/aromatic N) is 2. The van der Waals surface area contributed by atoms with E-state index in [2.05, 4.69) is 9.97 Å². The molecular weight excluding hydrogens is 255 g/mol. The first-order valence-corrected chi connectivity index (χ1v) is 5.02. The molecular formula is C10H7ClF3N3. The minimum Gasteiger partial charge on any atom is -0.383 e. The summed E-state index contributed by atoms with van der Waals surface area (Å²) in [5, 5.41) is 0.119. The number of hydrogen-bond acceptors (Lipinski definition) is 3. The van der Waals surface area contributed by atoms with Gasteiger partial charge in [0.25, 0.3) is 0 Å². The largest absolute Gasteiger partial charge is 0.393 e. The van der Waals surface area contributed by atoms with Gasteiger partial charge in [0.2, 0.25) is 5.28 Å². The maximum atomic E-state index is 12.4. The van der Waals surface area contributed by atoms with Crippen LogP contribution in [0.25, 0.3) is 10.9 Å². The van der Waals surface area contributed by atoms with Crippen molar-refractivity contribution in [2.75, 3.05) is 5.73 Å². The summed E-state index contributed by atoms with van der Waals surface area (Å²) in [5.41, 5.74) is 5.93. The third-order valence-electron chi connectivity index (χ3n) is 2.20. The summed E-state index contributed by atoms with van der Waals surface area (Å²) >= 11 is 5.58. The van der Waals surface area contributed by atoms with Gasteiger partial charge in [-0.15, -0.1) is 0 Å². The third-order valence-corrected chi connectivity index (χ3v) is 2.37. The lowest BCUT2D eigenvalue weighted by Gasteiger charge is -2.10. The van der Waals surface area contributed by atoms with E-state index in [9.17, 15) is 13.2 Å². The molecule has 1 heterocycles. The molecule has 90 valence electrons. The zero-order valence-corrected chi connectivity index (χ0v) is 9.18. The number of benzene rings is 1. The van der Waals surface area contributed by atoms with Crippen molar-refractivity contribution in [3.05, 3.63) is 29.0 Å². The summed E-state index contributed by atoms with van der Waals surface area (Å²) in [6.45, 7) is 0. The van der Waals surface area contributed by atoms with E-state index in [1.807, 2.05) is 0 Å². The van der Waals surface area contributed by atoms with Crippen LogP contribution in [0.5, 0.6) is 0 Å². The highest BCUT2D eigenvalue weighted by atomic mass is 35.5.